The highest BCUT2D eigenvalue weighted by molar-refractivity contribution is 5.29. The molecule has 1 aromatic heterocycles. The molecule has 2 rings (SSSR count). The molecule has 18 heavy (non-hydrogen) atoms. The van der Waals surface area contributed by atoms with Gasteiger partial charge in [0.05, 0.1) is 5.69 Å². The van der Waals surface area contributed by atoms with Crippen LogP contribution in [-0.4, -0.2) is 41.5 Å². The Labute approximate surface area is 110 Å². The van der Waals surface area contributed by atoms with Crippen LogP contribution in [0.3, 0.4) is 0 Å². The van der Waals surface area contributed by atoms with E-state index in [1.165, 1.54) is 36.3 Å². The van der Waals surface area contributed by atoms with Crippen LogP contribution in [0.15, 0.2) is 0 Å². The first-order valence-electron chi connectivity index (χ1n) is 6.88. The first-order chi connectivity index (χ1) is 8.65. The van der Waals surface area contributed by atoms with Crippen LogP contribution in [0, 0.1) is 13.8 Å². The minimum atomic E-state index is 0.565. The van der Waals surface area contributed by atoms with Crippen LogP contribution < -0.4 is 0 Å². The molecule has 0 amide bonds. The van der Waals surface area contributed by atoms with E-state index in [0.717, 1.165) is 19.6 Å². The molecule has 0 aromatic carbocycles. The number of aromatic nitrogens is 2. The fourth-order valence-corrected chi connectivity index (χ4v) is 3.10. The van der Waals surface area contributed by atoms with Gasteiger partial charge in [0, 0.05) is 44.6 Å². The molecule has 1 aliphatic heterocycles. The minimum absolute atomic E-state index is 0.565. The normalized spacial score (nSPS) is 20.8. The van der Waals surface area contributed by atoms with E-state index < -0.39 is 0 Å². The van der Waals surface area contributed by atoms with Crippen molar-refractivity contribution in [1.82, 2.24) is 14.7 Å². The number of hydrogen-bond donors (Lipinski definition) is 0. The Morgan fingerprint density at radius 1 is 1.39 bits per heavy atom. The van der Waals surface area contributed by atoms with Gasteiger partial charge in [0.25, 0.3) is 0 Å². The van der Waals surface area contributed by atoms with Crippen molar-refractivity contribution < 1.29 is 4.74 Å². The Morgan fingerprint density at radius 2 is 2.17 bits per heavy atom. The number of ether oxygens (including phenoxy) is 1. The van der Waals surface area contributed by atoms with Crippen LogP contribution in [-0.2, 0) is 11.8 Å². The molecule has 4 nitrogen and oxygen atoms in total. The molecule has 0 spiro atoms. The van der Waals surface area contributed by atoms with E-state index in [0.29, 0.717) is 6.04 Å². The number of nitrogens with zero attached hydrogens (tertiary/aromatic N) is 3. The second kappa shape index (κ2) is 5.85. The van der Waals surface area contributed by atoms with Crippen molar-refractivity contribution in [1.29, 1.82) is 0 Å². The third-order valence-electron chi connectivity index (χ3n) is 4.06. The van der Waals surface area contributed by atoms with Crippen molar-refractivity contribution in [3.05, 3.63) is 17.0 Å². The van der Waals surface area contributed by atoms with Gasteiger partial charge in [-0.15, -0.1) is 0 Å². The van der Waals surface area contributed by atoms with Gasteiger partial charge >= 0.3 is 0 Å². The van der Waals surface area contributed by atoms with Gasteiger partial charge in [-0.05, 0) is 39.7 Å². The lowest BCUT2D eigenvalue weighted by atomic mass is 10.0. The fraction of sp³-hybridized carbons (Fsp3) is 0.786. The molecular weight excluding hydrogens is 226 g/mol. The molecule has 1 aliphatic rings. The summed E-state index contributed by atoms with van der Waals surface area (Å²) >= 11 is 0. The monoisotopic (exact) mass is 251 g/mol. The molecule has 4 heteroatoms. The van der Waals surface area contributed by atoms with Gasteiger partial charge in [0.2, 0.25) is 0 Å². The zero-order chi connectivity index (χ0) is 13.1. The predicted molar refractivity (Wildman–Crippen MR) is 72.7 cm³/mol. The van der Waals surface area contributed by atoms with Gasteiger partial charge in [0.1, 0.15) is 0 Å². The van der Waals surface area contributed by atoms with E-state index in [-0.39, 0.29) is 0 Å². The standard InChI is InChI=1S/C14H25N3O/c1-11-14(12(2)16(3)15-11)13-7-5-8-17(13)9-6-10-18-4/h13H,5-10H2,1-4H3. The van der Waals surface area contributed by atoms with Gasteiger partial charge in [0.15, 0.2) is 0 Å². The van der Waals surface area contributed by atoms with Crippen molar-refractivity contribution in [2.45, 2.75) is 39.2 Å². The maximum atomic E-state index is 5.15. The van der Waals surface area contributed by atoms with E-state index in [1.54, 1.807) is 7.11 Å². The molecule has 0 N–H and O–H groups in total. The highest BCUT2D eigenvalue weighted by Crippen LogP contribution is 2.35. The van der Waals surface area contributed by atoms with E-state index >= 15 is 0 Å². The van der Waals surface area contributed by atoms with E-state index in [4.69, 9.17) is 4.74 Å². The zero-order valence-corrected chi connectivity index (χ0v) is 12.1. The molecule has 0 radical (unpaired) electrons. The zero-order valence-electron chi connectivity index (χ0n) is 12.1. The number of rotatable bonds is 5. The van der Waals surface area contributed by atoms with Crippen molar-refractivity contribution in [3.8, 4) is 0 Å². The SMILES string of the molecule is COCCCN1CCCC1c1c(C)nn(C)c1C. The summed E-state index contributed by atoms with van der Waals surface area (Å²) in [5.41, 5.74) is 3.96. The summed E-state index contributed by atoms with van der Waals surface area (Å²) in [7, 11) is 3.81. The largest absolute Gasteiger partial charge is 0.385 e. The summed E-state index contributed by atoms with van der Waals surface area (Å²) < 4.78 is 7.16. The van der Waals surface area contributed by atoms with Gasteiger partial charge in [-0.25, -0.2) is 0 Å². The molecule has 102 valence electrons. The molecule has 0 saturated carbocycles. The van der Waals surface area contributed by atoms with Crippen LogP contribution in [0.5, 0.6) is 0 Å². The van der Waals surface area contributed by atoms with Crippen molar-refractivity contribution >= 4 is 0 Å². The molecule has 0 aliphatic carbocycles. The molecule has 1 unspecified atom stereocenters. The lowest BCUT2D eigenvalue weighted by molar-refractivity contribution is 0.167. The first-order valence-corrected chi connectivity index (χ1v) is 6.88. The quantitative estimate of drug-likeness (QED) is 0.752. The Kier molecular flexibility index (Phi) is 4.40. The Hall–Kier alpha value is -0.870. The fourth-order valence-electron chi connectivity index (χ4n) is 3.10. The smallest absolute Gasteiger partial charge is 0.0644 e. The average Bonchev–Trinajstić information content (AvgIpc) is 2.86. The van der Waals surface area contributed by atoms with Gasteiger partial charge in [-0.1, -0.05) is 0 Å². The molecule has 1 fully saturated rings. The average molecular weight is 251 g/mol. The van der Waals surface area contributed by atoms with Gasteiger partial charge < -0.3 is 4.74 Å². The second-order valence-electron chi connectivity index (χ2n) is 5.25. The van der Waals surface area contributed by atoms with Crippen LogP contribution in [0.1, 0.15) is 42.3 Å². The second-order valence-corrected chi connectivity index (χ2v) is 5.25. The number of likely N-dealkylation sites (tertiary alicyclic amines) is 1. The Balaban J connectivity index is 2.10. The van der Waals surface area contributed by atoms with E-state index in [1.807, 2.05) is 11.7 Å². The van der Waals surface area contributed by atoms with Gasteiger partial charge in [-0.2, -0.15) is 5.10 Å². The molecule has 2 heterocycles. The topological polar surface area (TPSA) is 30.3 Å². The number of aryl methyl sites for hydroxylation is 2. The first kappa shape index (κ1) is 13.6. The number of hydrogen-bond acceptors (Lipinski definition) is 3. The molecule has 1 aromatic rings. The molecular formula is C14H25N3O. The van der Waals surface area contributed by atoms with Crippen LogP contribution in [0.25, 0.3) is 0 Å². The maximum Gasteiger partial charge on any atom is 0.0644 e. The highest BCUT2D eigenvalue weighted by atomic mass is 16.5. The Bertz CT molecular complexity index is 400. The molecule has 0 bridgehead atoms. The van der Waals surface area contributed by atoms with E-state index in [2.05, 4.69) is 23.8 Å². The van der Waals surface area contributed by atoms with Crippen LogP contribution in [0.4, 0.5) is 0 Å². The summed E-state index contributed by atoms with van der Waals surface area (Å²) in [6, 6.07) is 0.565. The minimum Gasteiger partial charge on any atom is -0.385 e. The summed E-state index contributed by atoms with van der Waals surface area (Å²) in [6.45, 7) is 7.51. The third kappa shape index (κ3) is 2.59. The van der Waals surface area contributed by atoms with Crippen LogP contribution in [0.2, 0.25) is 0 Å². The van der Waals surface area contributed by atoms with E-state index in [9.17, 15) is 0 Å². The summed E-state index contributed by atoms with van der Waals surface area (Å²) in [6.07, 6.45) is 3.68. The summed E-state index contributed by atoms with van der Waals surface area (Å²) in [4.78, 5) is 2.59. The maximum absolute atomic E-state index is 5.15. The summed E-state index contributed by atoms with van der Waals surface area (Å²) in [5, 5.41) is 4.55. The number of methoxy groups -OCH3 is 1. The Morgan fingerprint density at radius 3 is 2.78 bits per heavy atom. The molecule has 1 atom stereocenters. The molecule has 1 saturated heterocycles. The van der Waals surface area contributed by atoms with Gasteiger partial charge in [-0.3, -0.25) is 9.58 Å². The van der Waals surface area contributed by atoms with Crippen molar-refractivity contribution in [2.75, 3.05) is 26.8 Å². The predicted octanol–water partition coefficient (Wildman–Crippen LogP) is 2.21. The lowest BCUT2D eigenvalue weighted by Gasteiger charge is -2.25. The van der Waals surface area contributed by atoms with Crippen molar-refractivity contribution in [3.63, 3.8) is 0 Å². The lowest BCUT2D eigenvalue weighted by Crippen LogP contribution is -2.26. The summed E-state index contributed by atoms with van der Waals surface area (Å²) in [5.74, 6) is 0. The van der Waals surface area contributed by atoms with Crippen LogP contribution >= 0.6 is 0 Å². The highest BCUT2D eigenvalue weighted by Gasteiger charge is 2.29. The third-order valence-corrected chi connectivity index (χ3v) is 4.06. The van der Waals surface area contributed by atoms with Crippen molar-refractivity contribution in [2.24, 2.45) is 7.05 Å².